The average Bonchev–Trinajstić information content (AvgIpc) is 2.16. The Kier molecular flexibility index (Phi) is 4.02. The van der Waals surface area contributed by atoms with Crippen LogP contribution in [0.5, 0.6) is 0 Å². The highest BCUT2D eigenvalue weighted by Crippen LogP contribution is 2.10. The number of carbonyl (C=O) groups is 2. The summed E-state index contributed by atoms with van der Waals surface area (Å²) in [5.41, 5.74) is 9.44. The molecule has 0 saturated heterocycles. The molecule has 0 aromatic heterocycles. The number of hydroxylamine groups is 1. The first-order chi connectivity index (χ1) is 7.50. The minimum atomic E-state index is -0.638. The van der Waals surface area contributed by atoms with E-state index in [0.717, 1.165) is 11.1 Å². The maximum atomic E-state index is 11.6. The number of hydrogen-bond acceptors (Lipinski definition) is 3. The lowest BCUT2D eigenvalue weighted by Crippen LogP contribution is -2.29. The topological polar surface area (TPSA) is 81.4 Å². The summed E-state index contributed by atoms with van der Waals surface area (Å²) in [7, 11) is 0. The fourth-order valence-corrected chi connectivity index (χ4v) is 1.30. The zero-order chi connectivity index (χ0) is 12.1. The van der Waals surface area contributed by atoms with E-state index in [1.54, 1.807) is 6.07 Å². The van der Waals surface area contributed by atoms with Gasteiger partial charge in [-0.15, -0.1) is 0 Å². The predicted molar refractivity (Wildman–Crippen MR) is 58.5 cm³/mol. The number of nitrogens with one attached hydrogen (secondary N) is 1. The highest BCUT2D eigenvalue weighted by atomic mass is 16.7. The van der Waals surface area contributed by atoms with Gasteiger partial charge in [-0.25, -0.2) is 5.48 Å². The SMILES string of the molecule is Cc1ccc(C(=O)NOCC(N)=O)c(C)c1. The Hall–Kier alpha value is -1.88. The largest absolute Gasteiger partial charge is 0.368 e. The third-order valence-electron chi connectivity index (χ3n) is 2.01. The highest BCUT2D eigenvalue weighted by molar-refractivity contribution is 5.95. The Bertz CT molecular complexity index is 416. The Labute approximate surface area is 93.5 Å². The van der Waals surface area contributed by atoms with Crippen molar-refractivity contribution in [3.05, 3.63) is 34.9 Å². The summed E-state index contributed by atoms with van der Waals surface area (Å²) in [6.07, 6.45) is 0. The molecule has 5 heteroatoms. The van der Waals surface area contributed by atoms with Crippen molar-refractivity contribution in [2.45, 2.75) is 13.8 Å². The molecule has 16 heavy (non-hydrogen) atoms. The van der Waals surface area contributed by atoms with Crippen molar-refractivity contribution >= 4 is 11.8 Å². The Morgan fingerprint density at radius 2 is 2.06 bits per heavy atom. The maximum absolute atomic E-state index is 11.6. The first-order valence-electron chi connectivity index (χ1n) is 4.78. The average molecular weight is 222 g/mol. The number of carbonyl (C=O) groups excluding carboxylic acids is 2. The zero-order valence-corrected chi connectivity index (χ0v) is 9.24. The molecule has 0 atom stereocenters. The second kappa shape index (κ2) is 5.27. The van der Waals surface area contributed by atoms with Crippen molar-refractivity contribution in [3.8, 4) is 0 Å². The van der Waals surface area contributed by atoms with Crippen LogP contribution in [-0.4, -0.2) is 18.4 Å². The summed E-state index contributed by atoms with van der Waals surface area (Å²) >= 11 is 0. The van der Waals surface area contributed by atoms with Crippen molar-refractivity contribution in [2.24, 2.45) is 5.73 Å². The fourth-order valence-electron chi connectivity index (χ4n) is 1.30. The van der Waals surface area contributed by atoms with Crippen molar-refractivity contribution in [2.75, 3.05) is 6.61 Å². The van der Waals surface area contributed by atoms with Crippen LogP contribution in [0.15, 0.2) is 18.2 Å². The van der Waals surface area contributed by atoms with Gasteiger partial charge in [-0.05, 0) is 25.5 Å². The molecule has 3 N–H and O–H groups in total. The van der Waals surface area contributed by atoms with E-state index in [4.69, 9.17) is 5.73 Å². The molecule has 0 spiro atoms. The molecule has 0 heterocycles. The summed E-state index contributed by atoms with van der Waals surface area (Å²) < 4.78 is 0. The number of nitrogens with two attached hydrogens (primary N) is 1. The second-order valence-corrected chi connectivity index (χ2v) is 3.50. The summed E-state index contributed by atoms with van der Waals surface area (Å²) in [6, 6.07) is 5.42. The number of aryl methyl sites for hydroxylation is 2. The second-order valence-electron chi connectivity index (χ2n) is 3.50. The Morgan fingerprint density at radius 3 is 2.62 bits per heavy atom. The van der Waals surface area contributed by atoms with Gasteiger partial charge in [0.2, 0.25) is 5.91 Å². The van der Waals surface area contributed by atoms with Crippen molar-refractivity contribution in [1.29, 1.82) is 0 Å². The van der Waals surface area contributed by atoms with Gasteiger partial charge in [0.15, 0.2) is 6.61 Å². The smallest absolute Gasteiger partial charge is 0.275 e. The van der Waals surface area contributed by atoms with E-state index in [1.807, 2.05) is 26.0 Å². The first kappa shape index (κ1) is 12.2. The Morgan fingerprint density at radius 1 is 1.38 bits per heavy atom. The number of rotatable bonds is 4. The summed E-state index contributed by atoms with van der Waals surface area (Å²) in [4.78, 5) is 26.6. The van der Waals surface area contributed by atoms with Crippen molar-refractivity contribution in [1.82, 2.24) is 5.48 Å². The standard InChI is InChI=1S/C11H14N2O3/c1-7-3-4-9(8(2)5-7)11(15)13-16-6-10(12)14/h3-5H,6H2,1-2H3,(H2,12,14)(H,13,15). The molecule has 2 amide bonds. The highest BCUT2D eigenvalue weighted by Gasteiger charge is 2.08. The summed E-state index contributed by atoms with van der Waals surface area (Å²) in [6.45, 7) is 3.44. The van der Waals surface area contributed by atoms with Gasteiger partial charge >= 0.3 is 0 Å². The van der Waals surface area contributed by atoms with Crippen molar-refractivity contribution < 1.29 is 14.4 Å². The molecular weight excluding hydrogens is 208 g/mol. The van der Waals surface area contributed by atoms with Crippen LogP contribution in [0.4, 0.5) is 0 Å². The molecule has 0 saturated carbocycles. The van der Waals surface area contributed by atoms with Crippen LogP contribution in [0, 0.1) is 13.8 Å². The van der Waals surface area contributed by atoms with E-state index in [2.05, 4.69) is 10.3 Å². The molecule has 1 rings (SSSR count). The van der Waals surface area contributed by atoms with Gasteiger partial charge in [0, 0.05) is 5.56 Å². The molecule has 1 aromatic rings. The molecule has 0 aliphatic carbocycles. The minimum Gasteiger partial charge on any atom is -0.368 e. The van der Waals surface area contributed by atoms with Gasteiger partial charge < -0.3 is 5.73 Å². The number of hydrogen-bond donors (Lipinski definition) is 2. The Balaban J connectivity index is 2.63. The lowest BCUT2D eigenvalue weighted by atomic mass is 10.1. The first-order valence-corrected chi connectivity index (χ1v) is 4.78. The van der Waals surface area contributed by atoms with E-state index < -0.39 is 11.8 Å². The molecule has 1 aromatic carbocycles. The molecule has 5 nitrogen and oxygen atoms in total. The molecule has 86 valence electrons. The van der Waals surface area contributed by atoms with Gasteiger partial charge in [0.25, 0.3) is 5.91 Å². The van der Waals surface area contributed by atoms with Gasteiger partial charge in [0.1, 0.15) is 0 Å². The predicted octanol–water partition coefficient (Wildman–Crippen LogP) is 0.450. The molecule has 0 unspecified atom stereocenters. The van der Waals surface area contributed by atoms with Crippen molar-refractivity contribution in [3.63, 3.8) is 0 Å². The third kappa shape index (κ3) is 3.36. The molecule has 0 bridgehead atoms. The van der Waals surface area contributed by atoms with Crippen LogP contribution < -0.4 is 11.2 Å². The molecule has 0 fully saturated rings. The van der Waals surface area contributed by atoms with E-state index in [-0.39, 0.29) is 6.61 Å². The van der Waals surface area contributed by atoms with Crippen LogP contribution in [0.3, 0.4) is 0 Å². The van der Waals surface area contributed by atoms with E-state index in [0.29, 0.717) is 5.56 Å². The summed E-state index contributed by atoms with van der Waals surface area (Å²) in [5.74, 6) is -1.03. The lowest BCUT2D eigenvalue weighted by molar-refractivity contribution is -0.124. The van der Waals surface area contributed by atoms with Crippen LogP contribution in [0.1, 0.15) is 21.5 Å². The quantitative estimate of drug-likeness (QED) is 0.726. The van der Waals surface area contributed by atoms with E-state index >= 15 is 0 Å². The van der Waals surface area contributed by atoms with Crippen LogP contribution >= 0.6 is 0 Å². The van der Waals surface area contributed by atoms with Gasteiger partial charge in [-0.1, -0.05) is 17.7 Å². The van der Waals surface area contributed by atoms with Gasteiger partial charge in [0.05, 0.1) is 0 Å². The molecular formula is C11H14N2O3. The van der Waals surface area contributed by atoms with Crippen LogP contribution in [-0.2, 0) is 9.63 Å². The van der Waals surface area contributed by atoms with Crippen LogP contribution in [0.25, 0.3) is 0 Å². The van der Waals surface area contributed by atoms with E-state index in [1.165, 1.54) is 0 Å². The normalized spacial score (nSPS) is 9.88. The maximum Gasteiger partial charge on any atom is 0.275 e. The fraction of sp³-hybridized carbons (Fsp3) is 0.273. The molecule has 0 aliphatic heterocycles. The molecule has 0 aliphatic rings. The van der Waals surface area contributed by atoms with E-state index in [9.17, 15) is 9.59 Å². The summed E-state index contributed by atoms with van der Waals surface area (Å²) in [5, 5.41) is 0. The number of primary amides is 1. The lowest BCUT2D eigenvalue weighted by Gasteiger charge is -2.07. The van der Waals surface area contributed by atoms with Crippen LogP contribution in [0.2, 0.25) is 0 Å². The zero-order valence-electron chi connectivity index (χ0n) is 9.24. The number of amides is 2. The molecule has 0 radical (unpaired) electrons. The monoisotopic (exact) mass is 222 g/mol. The minimum absolute atomic E-state index is 0.337. The van der Waals surface area contributed by atoms with Gasteiger partial charge in [-0.2, -0.15) is 0 Å². The van der Waals surface area contributed by atoms with Gasteiger partial charge in [-0.3, -0.25) is 14.4 Å². The third-order valence-corrected chi connectivity index (χ3v) is 2.01. The number of benzene rings is 1.